The molecule has 2 aromatic carbocycles. The van der Waals surface area contributed by atoms with Gasteiger partial charge in [0.15, 0.2) is 12.6 Å². The monoisotopic (exact) mass is 413 g/mol. The summed E-state index contributed by atoms with van der Waals surface area (Å²) in [6.07, 6.45) is 0. The van der Waals surface area contributed by atoms with E-state index in [0.717, 1.165) is 11.1 Å². The van der Waals surface area contributed by atoms with Gasteiger partial charge in [0.05, 0.1) is 6.61 Å². The van der Waals surface area contributed by atoms with E-state index < -0.39 is 43.1 Å². The number of benzene rings is 2. The lowest BCUT2D eigenvalue weighted by Gasteiger charge is -2.15. The minimum Gasteiger partial charge on any atom is -0.454 e. The zero-order chi connectivity index (χ0) is 22.1. The third-order valence-electron chi connectivity index (χ3n) is 4.04. The van der Waals surface area contributed by atoms with Crippen molar-refractivity contribution in [1.29, 1.82) is 0 Å². The molecule has 30 heavy (non-hydrogen) atoms. The van der Waals surface area contributed by atoms with Crippen molar-refractivity contribution < 1.29 is 29.0 Å². The van der Waals surface area contributed by atoms with E-state index >= 15 is 0 Å². The number of rotatable bonds is 7. The van der Waals surface area contributed by atoms with Crippen LogP contribution < -0.4 is 16.0 Å². The van der Waals surface area contributed by atoms with Crippen LogP contribution in [0.15, 0.2) is 48.5 Å². The number of anilines is 1. The predicted molar refractivity (Wildman–Crippen MR) is 109 cm³/mol. The van der Waals surface area contributed by atoms with E-state index in [2.05, 4.69) is 10.6 Å². The molecule has 9 nitrogen and oxygen atoms in total. The minimum atomic E-state index is -1.35. The number of aliphatic hydroxyl groups is 1. The van der Waals surface area contributed by atoms with Crippen LogP contribution >= 0.6 is 0 Å². The van der Waals surface area contributed by atoms with Crippen molar-refractivity contribution in [2.24, 2.45) is 0 Å². The minimum absolute atomic E-state index is 0.296. The van der Waals surface area contributed by atoms with Gasteiger partial charge in [-0.1, -0.05) is 35.9 Å². The number of carbonyl (C=O) groups is 4. The molecule has 0 aliphatic heterocycles. The molecular formula is C21H23N3O6. The Labute approximate surface area is 173 Å². The van der Waals surface area contributed by atoms with Crippen molar-refractivity contribution in [3.63, 3.8) is 0 Å². The van der Waals surface area contributed by atoms with Crippen molar-refractivity contribution in [2.75, 3.05) is 18.5 Å². The van der Waals surface area contributed by atoms with Gasteiger partial charge in [-0.3, -0.25) is 14.9 Å². The van der Waals surface area contributed by atoms with E-state index in [1.807, 2.05) is 31.3 Å². The highest BCUT2D eigenvalue weighted by atomic mass is 16.5. The van der Waals surface area contributed by atoms with Crippen molar-refractivity contribution in [3.8, 4) is 0 Å². The normalized spacial score (nSPS) is 11.2. The maximum Gasteiger partial charge on any atom is 0.331 e. The molecule has 158 valence electrons. The van der Waals surface area contributed by atoms with Gasteiger partial charge in [0.1, 0.15) is 0 Å². The lowest BCUT2D eigenvalue weighted by molar-refractivity contribution is -0.151. The number of hydrogen-bond acceptors (Lipinski definition) is 6. The largest absolute Gasteiger partial charge is 0.454 e. The molecule has 4 N–H and O–H groups in total. The fourth-order valence-electron chi connectivity index (χ4n) is 2.52. The van der Waals surface area contributed by atoms with Gasteiger partial charge >= 0.3 is 12.0 Å². The second-order valence-electron chi connectivity index (χ2n) is 6.50. The number of ether oxygens (including phenoxy) is 1. The van der Waals surface area contributed by atoms with E-state index in [0.29, 0.717) is 11.3 Å². The third kappa shape index (κ3) is 6.71. The molecule has 4 amide bonds. The van der Waals surface area contributed by atoms with Gasteiger partial charge < -0.3 is 20.5 Å². The molecule has 2 aromatic rings. The highest BCUT2D eigenvalue weighted by Gasteiger charge is 2.23. The van der Waals surface area contributed by atoms with Crippen molar-refractivity contribution in [1.82, 2.24) is 10.6 Å². The van der Waals surface area contributed by atoms with Crippen LogP contribution in [0.5, 0.6) is 0 Å². The quantitative estimate of drug-likeness (QED) is 0.506. The van der Waals surface area contributed by atoms with Crippen LogP contribution in [0, 0.1) is 13.8 Å². The van der Waals surface area contributed by atoms with E-state index in [1.165, 1.54) is 12.1 Å². The number of aliphatic hydroxyl groups excluding tert-OH is 1. The Hall–Kier alpha value is -3.72. The van der Waals surface area contributed by atoms with Crippen LogP contribution in [0.2, 0.25) is 0 Å². The van der Waals surface area contributed by atoms with E-state index in [4.69, 9.17) is 4.74 Å². The van der Waals surface area contributed by atoms with Gasteiger partial charge in [-0.05, 0) is 37.6 Å². The fourth-order valence-corrected chi connectivity index (χ4v) is 2.52. The summed E-state index contributed by atoms with van der Waals surface area (Å²) in [6.45, 7) is 2.25. The Morgan fingerprint density at radius 2 is 1.73 bits per heavy atom. The smallest absolute Gasteiger partial charge is 0.331 e. The number of carbonyl (C=O) groups excluding carboxylic acids is 4. The molecular weight excluding hydrogens is 390 g/mol. The van der Waals surface area contributed by atoms with Crippen LogP contribution in [0.4, 0.5) is 10.5 Å². The van der Waals surface area contributed by atoms with Crippen molar-refractivity contribution >= 4 is 29.5 Å². The number of urea groups is 1. The first-order chi connectivity index (χ1) is 14.3. The summed E-state index contributed by atoms with van der Waals surface area (Å²) in [5.74, 6) is -2.45. The van der Waals surface area contributed by atoms with Gasteiger partial charge in [-0.15, -0.1) is 0 Å². The Morgan fingerprint density at radius 1 is 1.03 bits per heavy atom. The number of nitrogens with one attached hydrogen (secondary N) is 3. The summed E-state index contributed by atoms with van der Waals surface area (Å²) < 4.78 is 4.78. The molecule has 0 heterocycles. The molecule has 0 saturated carbocycles. The first kappa shape index (κ1) is 22.6. The second-order valence-corrected chi connectivity index (χ2v) is 6.50. The number of hydrogen-bond donors (Lipinski definition) is 4. The van der Waals surface area contributed by atoms with Crippen LogP contribution in [-0.4, -0.2) is 48.2 Å². The van der Waals surface area contributed by atoms with Gasteiger partial charge in [0.25, 0.3) is 11.8 Å². The van der Waals surface area contributed by atoms with Crippen LogP contribution in [-0.2, 0) is 14.3 Å². The molecule has 2 rings (SSSR count). The number of amides is 4. The van der Waals surface area contributed by atoms with Gasteiger partial charge in [-0.25, -0.2) is 9.59 Å². The summed E-state index contributed by atoms with van der Waals surface area (Å²) in [6, 6.07) is 11.4. The number of imide groups is 1. The van der Waals surface area contributed by atoms with Gasteiger partial charge in [0.2, 0.25) is 0 Å². The molecule has 0 fully saturated rings. The molecule has 0 saturated heterocycles. The predicted octanol–water partition coefficient (Wildman–Crippen LogP) is 1.29. The number of aryl methyl sites for hydroxylation is 2. The maximum atomic E-state index is 12.1. The van der Waals surface area contributed by atoms with Crippen LogP contribution in [0.3, 0.4) is 0 Å². The van der Waals surface area contributed by atoms with Crippen LogP contribution in [0.1, 0.15) is 21.5 Å². The SMILES string of the molecule is Cc1ccc(NC(=O)NC(=O)COC(=O)C(CO)NC(=O)c2ccccc2)c(C)c1. The Balaban J connectivity index is 1.81. The second kappa shape index (κ2) is 10.7. The summed E-state index contributed by atoms with van der Waals surface area (Å²) in [5, 5.41) is 16.2. The first-order valence-electron chi connectivity index (χ1n) is 9.11. The zero-order valence-corrected chi connectivity index (χ0v) is 16.6. The average Bonchev–Trinajstić information content (AvgIpc) is 2.72. The lowest BCUT2D eigenvalue weighted by Crippen LogP contribution is -2.45. The van der Waals surface area contributed by atoms with Crippen LogP contribution in [0.25, 0.3) is 0 Å². The van der Waals surface area contributed by atoms with E-state index in [-0.39, 0.29) is 0 Å². The topological polar surface area (TPSA) is 134 Å². The molecule has 0 aromatic heterocycles. The van der Waals surface area contributed by atoms with E-state index in [1.54, 1.807) is 24.3 Å². The summed E-state index contributed by atoms with van der Waals surface area (Å²) in [4.78, 5) is 47.8. The first-order valence-corrected chi connectivity index (χ1v) is 9.11. The standard InChI is InChI=1S/C21H23N3O6/c1-13-8-9-16(14(2)10-13)23-21(29)24-18(26)12-30-20(28)17(11-25)22-19(27)15-6-4-3-5-7-15/h3-10,17,25H,11-12H2,1-2H3,(H,22,27)(H2,23,24,26,29). The average molecular weight is 413 g/mol. The Kier molecular flexibility index (Phi) is 8.07. The van der Waals surface area contributed by atoms with Crippen molar-refractivity contribution in [3.05, 3.63) is 65.2 Å². The van der Waals surface area contributed by atoms with Gasteiger partial charge in [-0.2, -0.15) is 0 Å². The molecule has 0 aliphatic carbocycles. The molecule has 0 spiro atoms. The molecule has 0 bridgehead atoms. The molecule has 1 unspecified atom stereocenters. The lowest BCUT2D eigenvalue weighted by atomic mass is 10.1. The summed E-state index contributed by atoms with van der Waals surface area (Å²) in [5.41, 5.74) is 2.68. The Bertz CT molecular complexity index is 930. The molecule has 0 radical (unpaired) electrons. The van der Waals surface area contributed by atoms with Crippen molar-refractivity contribution in [2.45, 2.75) is 19.9 Å². The van der Waals surface area contributed by atoms with Gasteiger partial charge in [0, 0.05) is 11.3 Å². The van der Waals surface area contributed by atoms with E-state index in [9.17, 15) is 24.3 Å². The fraction of sp³-hybridized carbons (Fsp3) is 0.238. The maximum absolute atomic E-state index is 12.1. The molecule has 9 heteroatoms. The molecule has 1 atom stereocenters. The zero-order valence-electron chi connectivity index (χ0n) is 16.6. The highest BCUT2D eigenvalue weighted by Crippen LogP contribution is 2.15. The summed E-state index contributed by atoms with van der Waals surface area (Å²) >= 11 is 0. The highest BCUT2D eigenvalue weighted by molar-refractivity contribution is 6.02. The number of esters is 1. The Morgan fingerprint density at radius 3 is 2.37 bits per heavy atom. The third-order valence-corrected chi connectivity index (χ3v) is 4.04. The molecule has 0 aliphatic rings. The summed E-state index contributed by atoms with van der Waals surface area (Å²) in [7, 11) is 0.